The standard InChI is InChI=1S/C36H39ClF2N4O3/c1-3-24-28(38)7-6-22-14-23(44)15-25(29(22)24)30-27(37)16-26-32(31(30)39)40-34(45-20-35-8-4-12-43(35)18-21(2)17-35)41-33(26)42-11-5-9-36(19-42)10-13-46-36/h6-7,14-16,21,44H,3-5,8-13,17-20H2,1-2H3/t21-,35+,36?/m1/s1. The van der Waals surface area contributed by atoms with Crippen molar-refractivity contribution in [2.45, 2.75) is 69.9 Å². The van der Waals surface area contributed by atoms with Crippen LogP contribution in [0.2, 0.25) is 5.02 Å². The van der Waals surface area contributed by atoms with E-state index in [1.807, 2.05) is 6.92 Å². The zero-order valence-electron chi connectivity index (χ0n) is 26.3. The Kier molecular flexibility index (Phi) is 7.31. The molecule has 3 atom stereocenters. The van der Waals surface area contributed by atoms with Gasteiger partial charge in [0.2, 0.25) is 0 Å². The molecule has 4 aliphatic rings. The van der Waals surface area contributed by atoms with Crippen molar-refractivity contribution in [2.75, 3.05) is 44.3 Å². The Morgan fingerprint density at radius 2 is 1.93 bits per heavy atom. The van der Waals surface area contributed by atoms with E-state index in [0.29, 0.717) is 58.6 Å². The number of aromatic nitrogens is 2. The molecule has 4 aromatic rings. The maximum Gasteiger partial charge on any atom is 0.319 e. The van der Waals surface area contributed by atoms with E-state index >= 15 is 8.78 Å². The number of hydrogen-bond donors (Lipinski definition) is 1. The summed E-state index contributed by atoms with van der Waals surface area (Å²) >= 11 is 6.95. The molecule has 3 aromatic carbocycles. The summed E-state index contributed by atoms with van der Waals surface area (Å²) in [5.74, 6) is 0.0448. The molecule has 5 heterocycles. The molecule has 0 aliphatic carbocycles. The number of benzene rings is 3. The first-order chi connectivity index (χ1) is 22.2. The minimum absolute atomic E-state index is 0.0579. The smallest absolute Gasteiger partial charge is 0.319 e. The monoisotopic (exact) mass is 648 g/mol. The molecule has 46 heavy (non-hydrogen) atoms. The van der Waals surface area contributed by atoms with E-state index in [0.717, 1.165) is 64.8 Å². The third-order valence-corrected chi connectivity index (χ3v) is 11.2. The van der Waals surface area contributed by atoms with Gasteiger partial charge in [-0.15, -0.1) is 0 Å². The number of aryl methyl sites for hydroxylation is 1. The Balaban J connectivity index is 1.30. The van der Waals surface area contributed by atoms with Crippen LogP contribution in [0.15, 0.2) is 30.3 Å². The molecule has 4 saturated heterocycles. The second-order valence-electron chi connectivity index (χ2n) is 13.9. The largest absolute Gasteiger partial charge is 0.508 e. The summed E-state index contributed by atoms with van der Waals surface area (Å²) in [4.78, 5) is 14.3. The van der Waals surface area contributed by atoms with Gasteiger partial charge in [0.1, 0.15) is 29.5 Å². The molecule has 0 saturated carbocycles. The third kappa shape index (κ3) is 4.80. The molecule has 7 nitrogen and oxygen atoms in total. The minimum Gasteiger partial charge on any atom is -0.508 e. The van der Waals surface area contributed by atoms with Crippen molar-refractivity contribution in [3.8, 4) is 22.9 Å². The van der Waals surface area contributed by atoms with Crippen molar-refractivity contribution in [2.24, 2.45) is 5.92 Å². The summed E-state index contributed by atoms with van der Waals surface area (Å²) in [6, 6.07) is 7.81. The van der Waals surface area contributed by atoms with Gasteiger partial charge in [0, 0.05) is 37.0 Å². The molecule has 4 fully saturated rings. The van der Waals surface area contributed by atoms with Gasteiger partial charge in [-0.25, -0.2) is 8.78 Å². The second kappa shape index (κ2) is 11.2. The zero-order chi connectivity index (χ0) is 31.8. The average molecular weight is 649 g/mol. The van der Waals surface area contributed by atoms with Crippen LogP contribution in [-0.4, -0.2) is 70.5 Å². The summed E-state index contributed by atoms with van der Waals surface area (Å²) in [7, 11) is 0. The molecule has 4 aliphatic heterocycles. The van der Waals surface area contributed by atoms with Gasteiger partial charge in [0.15, 0.2) is 5.82 Å². The summed E-state index contributed by atoms with van der Waals surface area (Å²) in [5.41, 5.74) is 0.619. The van der Waals surface area contributed by atoms with Crippen molar-refractivity contribution in [1.29, 1.82) is 0 Å². The highest BCUT2D eigenvalue weighted by Crippen LogP contribution is 2.46. The average Bonchev–Trinajstić information content (AvgIpc) is 3.55. The fourth-order valence-electron chi connectivity index (χ4n) is 8.77. The number of halogens is 3. The van der Waals surface area contributed by atoms with Crippen LogP contribution in [-0.2, 0) is 11.2 Å². The van der Waals surface area contributed by atoms with E-state index in [9.17, 15) is 5.11 Å². The SMILES string of the molecule is CCc1c(F)ccc2cc(O)cc(-c3c(Cl)cc4c(N5CCCC6(CCO6)C5)nc(OC[C@@]56CCCN5C[C@H](C)C6)nc4c3F)c12. The van der Waals surface area contributed by atoms with E-state index in [1.165, 1.54) is 12.1 Å². The normalized spacial score (nSPS) is 26.3. The number of piperidine rings is 1. The number of phenolic OH excluding ortho intramolecular Hbond substituents is 1. The van der Waals surface area contributed by atoms with Crippen LogP contribution >= 0.6 is 11.6 Å². The van der Waals surface area contributed by atoms with Crippen LogP contribution in [0.5, 0.6) is 11.8 Å². The molecule has 0 radical (unpaired) electrons. The lowest BCUT2D eigenvalue weighted by Gasteiger charge is -2.48. The first-order valence-corrected chi connectivity index (χ1v) is 17.0. The Hall–Kier alpha value is -3.27. The van der Waals surface area contributed by atoms with Gasteiger partial charge in [0.05, 0.1) is 22.8 Å². The summed E-state index contributed by atoms with van der Waals surface area (Å²) < 4.78 is 44.7. The zero-order valence-corrected chi connectivity index (χ0v) is 27.1. The molecular weight excluding hydrogens is 610 g/mol. The maximum absolute atomic E-state index is 17.1. The number of rotatable bonds is 6. The van der Waals surface area contributed by atoms with E-state index in [-0.39, 0.29) is 39.0 Å². The van der Waals surface area contributed by atoms with Crippen molar-refractivity contribution >= 4 is 39.1 Å². The third-order valence-electron chi connectivity index (χ3n) is 10.9. The number of ether oxygens (including phenoxy) is 2. The fourth-order valence-corrected chi connectivity index (χ4v) is 9.06. The van der Waals surface area contributed by atoms with Crippen LogP contribution in [0.25, 0.3) is 32.8 Å². The molecule has 1 aromatic heterocycles. The molecule has 0 bridgehead atoms. The van der Waals surface area contributed by atoms with E-state index in [1.54, 1.807) is 18.2 Å². The molecular formula is C36H39ClF2N4O3. The van der Waals surface area contributed by atoms with Crippen molar-refractivity contribution in [1.82, 2.24) is 14.9 Å². The molecule has 8 rings (SSSR count). The summed E-state index contributed by atoms with van der Waals surface area (Å²) in [5, 5.41) is 12.4. The molecule has 0 amide bonds. The van der Waals surface area contributed by atoms with Crippen LogP contribution in [0.1, 0.15) is 57.9 Å². The van der Waals surface area contributed by atoms with Crippen LogP contribution in [0, 0.1) is 17.6 Å². The summed E-state index contributed by atoms with van der Waals surface area (Å²) in [6.07, 6.45) is 6.50. The van der Waals surface area contributed by atoms with Crippen molar-refractivity contribution in [3.63, 3.8) is 0 Å². The number of anilines is 1. The predicted octanol–water partition coefficient (Wildman–Crippen LogP) is 7.66. The number of aromatic hydroxyl groups is 1. The second-order valence-corrected chi connectivity index (χ2v) is 14.3. The van der Waals surface area contributed by atoms with Crippen LogP contribution < -0.4 is 9.64 Å². The van der Waals surface area contributed by atoms with Gasteiger partial charge in [-0.3, -0.25) is 4.90 Å². The van der Waals surface area contributed by atoms with Gasteiger partial charge < -0.3 is 19.5 Å². The maximum atomic E-state index is 17.1. The number of nitrogens with zero attached hydrogens (tertiary/aromatic N) is 4. The molecule has 1 unspecified atom stereocenters. The topological polar surface area (TPSA) is 71.0 Å². The van der Waals surface area contributed by atoms with Crippen molar-refractivity contribution < 1.29 is 23.4 Å². The van der Waals surface area contributed by atoms with Gasteiger partial charge >= 0.3 is 6.01 Å². The summed E-state index contributed by atoms with van der Waals surface area (Å²) in [6.45, 7) is 8.80. The first-order valence-electron chi connectivity index (χ1n) is 16.6. The fraction of sp³-hybridized carbons (Fsp3) is 0.500. The highest BCUT2D eigenvalue weighted by Gasteiger charge is 2.48. The van der Waals surface area contributed by atoms with E-state index in [2.05, 4.69) is 16.7 Å². The highest BCUT2D eigenvalue weighted by molar-refractivity contribution is 6.35. The van der Waals surface area contributed by atoms with Gasteiger partial charge in [-0.05, 0) is 97.2 Å². The molecule has 1 N–H and O–H groups in total. The lowest BCUT2D eigenvalue weighted by molar-refractivity contribution is -0.151. The molecule has 242 valence electrons. The quantitative estimate of drug-likeness (QED) is 0.230. The van der Waals surface area contributed by atoms with Crippen LogP contribution in [0.3, 0.4) is 0 Å². The first kappa shape index (κ1) is 30.1. The molecule has 10 heteroatoms. The van der Waals surface area contributed by atoms with E-state index in [4.69, 9.17) is 31.0 Å². The number of phenols is 1. The number of hydrogen-bond acceptors (Lipinski definition) is 7. The van der Waals surface area contributed by atoms with Gasteiger partial charge in [0.25, 0.3) is 0 Å². The Labute approximate surface area is 272 Å². The lowest BCUT2D eigenvalue weighted by atomic mass is 9.85. The Morgan fingerprint density at radius 1 is 1.11 bits per heavy atom. The van der Waals surface area contributed by atoms with Gasteiger partial charge in [-0.2, -0.15) is 9.97 Å². The van der Waals surface area contributed by atoms with E-state index < -0.39 is 11.6 Å². The highest BCUT2D eigenvalue weighted by atomic mass is 35.5. The Morgan fingerprint density at radius 3 is 2.72 bits per heavy atom. The van der Waals surface area contributed by atoms with Crippen LogP contribution in [0.4, 0.5) is 14.6 Å². The molecule has 1 spiro atoms. The number of fused-ring (bicyclic) bond motifs is 3. The Bertz CT molecular complexity index is 1870. The van der Waals surface area contributed by atoms with Gasteiger partial charge in [-0.1, -0.05) is 31.5 Å². The van der Waals surface area contributed by atoms with Crippen molar-refractivity contribution in [3.05, 3.63) is 52.6 Å². The lowest BCUT2D eigenvalue weighted by Crippen LogP contribution is -2.56. The minimum atomic E-state index is -0.657. The predicted molar refractivity (Wildman–Crippen MR) is 176 cm³/mol.